The van der Waals surface area contributed by atoms with E-state index < -0.39 is 5.97 Å². The summed E-state index contributed by atoms with van der Waals surface area (Å²) in [6, 6.07) is -0.571. The van der Waals surface area contributed by atoms with E-state index in [1.165, 1.54) is 0 Å². The van der Waals surface area contributed by atoms with Gasteiger partial charge < -0.3 is 20.5 Å². The Kier molecular flexibility index (Phi) is 5.21. The van der Waals surface area contributed by atoms with Gasteiger partial charge in [0.1, 0.15) is 0 Å². The molecule has 0 aromatic rings. The molecule has 0 spiro atoms. The number of carbonyl (C=O) groups excluding carboxylic acids is 1. The molecule has 1 rings (SSSR count). The Bertz CT molecular complexity index is 283. The maximum atomic E-state index is 11.6. The van der Waals surface area contributed by atoms with Crippen LogP contribution in [0, 0.1) is 0 Å². The lowest BCUT2D eigenvalue weighted by Gasteiger charge is -2.28. The van der Waals surface area contributed by atoms with Crippen molar-refractivity contribution in [3.05, 3.63) is 0 Å². The number of ether oxygens (including phenoxy) is 1. The Morgan fingerprint density at radius 2 is 2.24 bits per heavy atom. The molecule has 0 saturated carbocycles. The van der Waals surface area contributed by atoms with E-state index >= 15 is 0 Å². The zero-order valence-electron chi connectivity index (χ0n) is 10.2. The predicted octanol–water partition coefficient (Wildman–Crippen LogP) is 0.716. The largest absolute Gasteiger partial charge is 0.481 e. The summed E-state index contributed by atoms with van der Waals surface area (Å²) in [6.07, 6.45) is 1.68. The number of rotatable bonds is 4. The van der Waals surface area contributed by atoms with E-state index in [0.717, 1.165) is 12.8 Å². The molecule has 1 aliphatic heterocycles. The van der Waals surface area contributed by atoms with Crippen molar-refractivity contribution in [1.29, 1.82) is 0 Å². The summed E-state index contributed by atoms with van der Waals surface area (Å²) in [5.74, 6) is -0.919. The highest BCUT2D eigenvalue weighted by Gasteiger charge is 2.21. The highest BCUT2D eigenvalue weighted by Crippen LogP contribution is 2.12. The minimum Gasteiger partial charge on any atom is -0.481 e. The smallest absolute Gasteiger partial charge is 0.315 e. The Balaban J connectivity index is 2.26. The van der Waals surface area contributed by atoms with Gasteiger partial charge in [-0.3, -0.25) is 4.79 Å². The molecule has 2 amide bonds. The van der Waals surface area contributed by atoms with E-state index in [9.17, 15) is 9.59 Å². The van der Waals surface area contributed by atoms with Crippen LogP contribution in [0.5, 0.6) is 0 Å². The first-order valence-corrected chi connectivity index (χ1v) is 5.87. The average Bonchev–Trinajstić information content (AvgIpc) is 2.14. The first kappa shape index (κ1) is 13.8. The number of nitrogens with one attached hydrogen (secondary N) is 2. The molecule has 0 radical (unpaired) electrons. The summed E-state index contributed by atoms with van der Waals surface area (Å²) in [6.45, 7) is 4.29. The second-order valence-corrected chi connectivity index (χ2v) is 4.52. The van der Waals surface area contributed by atoms with Crippen molar-refractivity contribution in [1.82, 2.24) is 10.6 Å². The molecule has 17 heavy (non-hydrogen) atoms. The van der Waals surface area contributed by atoms with Crippen LogP contribution in [-0.4, -0.2) is 41.9 Å². The van der Waals surface area contributed by atoms with Gasteiger partial charge in [0.15, 0.2) is 0 Å². The lowest BCUT2D eigenvalue weighted by molar-refractivity contribution is -0.137. The van der Waals surface area contributed by atoms with Gasteiger partial charge in [-0.05, 0) is 26.7 Å². The number of carboxylic acid groups (broad SMARTS) is 1. The monoisotopic (exact) mass is 244 g/mol. The first-order valence-electron chi connectivity index (χ1n) is 5.87. The van der Waals surface area contributed by atoms with Gasteiger partial charge in [0.25, 0.3) is 0 Å². The van der Waals surface area contributed by atoms with Crippen molar-refractivity contribution < 1.29 is 19.4 Å². The summed E-state index contributed by atoms with van der Waals surface area (Å²) in [5.41, 5.74) is 0. The summed E-state index contributed by atoms with van der Waals surface area (Å²) in [7, 11) is 0. The van der Waals surface area contributed by atoms with Gasteiger partial charge in [-0.25, -0.2) is 4.79 Å². The normalized spacial score (nSPS) is 26.0. The Morgan fingerprint density at radius 3 is 2.82 bits per heavy atom. The van der Waals surface area contributed by atoms with Crippen LogP contribution in [0.2, 0.25) is 0 Å². The van der Waals surface area contributed by atoms with Crippen LogP contribution >= 0.6 is 0 Å². The number of hydrogen-bond donors (Lipinski definition) is 3. The Hall–Kier alpha value is -1.30. The summed E-state index contributed by atoms with van der Waals surface area (Å²) >= 11 is 0. The highest BCUT2D eigenvalue weighted by atomic mass is 16.5. The van der Waals surface area contributed by atoms with Gasteiger partial charge in [0, 0.05) is 18.7 Å². The summed E-state index contributed by atoms with van der Waals surface area (Å²) < 4.78 is 5.37. The van der Waals surface area contributed by atoms with Crippen molar-refractivity contribution in [2.45, 2.75) is 51.3 Å². The van der Waals surface area contributed by atoms with Gasteiger partial charge in [-0.1, -0.05) is 0 Å². The Morgan fingerprint density at radius 1 is 1.53 bits per heavy atom. The highest BCUT2D eigenvalue weighted by molar-refractivity contribution is 5.75. The zero-order chi connectivity index (χ0) is 12.8. The van der Waals surface area contributed by atoms with Gasteiger partial charge >= 0.3 is 12.0 Å². The third kappa shape index (κ3) is 5.53. The van der Waals surface area contributed by atoms with E-state index in [2.05, 4.69) is 10.6 Å². The zero-order valence-corrected chi connectivity index (χ0v) is 10.2. The second-order valence-electron chi connectivity index (χ2n) is 4.52. The number of amides is 2. The Labute approximate surface area is 101 Å². The van der Waals surface area contributed by atoms with Crippen molar-refractivity contribution in [2.75, 3.05) is 6.61 Å². The molecule has 0 bridgehead atoms. The molecule has 98 valence electrons. The van der Waals surface area contributed by atoms with Crippen molar-refractivity contribution in [3.63, 3.8) is 0 Å². The third-order valence-electron chi connectivity index (χ3n) is 2.68. The molecule has 0 aliphatic carbocycles. The number of aliphatic carboxylic acids is 1. The van der Waals surface area contributed by atoms with Crippen molar-refractivity contribution in [3.8, 4) is 0 Å². The third-order valence-corrected chi connectivity index (χ3v) is 2.68. The lowest BCUT2D eigenvalue weighted by atomic mass is 10.0. The van der Waals surface area contributed by atoms with Crippen LogP contribution in [0.1, 0.15) is 33.1 Å². The number of urea groups is 1. The molecule has 0 aromatic carbocycles. The maximum absolute atomic E-state index is 11.6. The predicted molar refractivity (Wildman–Crippen MR) is 61.8 cm³/mol. The molecule has 1 saturated heterocycles. The SMILES string of the molecule is CC(CC(=O)O)NC(=O)NC1CCOC(C)C1. The standard InChI is InChI=1S/C11H20N2O4/c1-7(5-10(14)15)12-11(16)13-9-3-4-17-8(2)6-9/h7-9H,3-6H2,1-2H3,(H,14,15)(H2,12,13,16). The van der Waals surface area contributed by atoms with Crippen LogP contribution in [0.4, 0.5) is 4.79 Å². The van der Waals surface area contributed by atoms with Crippen LogP contribution in [0.3, 0.4) is 0 Å². The molecule has 3 atom stereocenters. The van der Waals surface area contributed by atoms with Gasteiger partial charge in [0.05, 0.1) is 12.5 Å². The van der Waals surface area contributed by atoms with Crippen molar-refractivity contribution in [2.24, 2.45) is 0 Å². The molecule has 6 heteroatoms. The van der Waals surface area contributed by atoms with Crippen LogP contribution in [0.25, 0.3) is 0 Å². The second kappa shape index (κ2) is 6.44. The minimum absolute atomic E-state index is 0.0718. The molecule has 1 fully saturated rings. The van der Waals surface area contributed by atoms with E-state index in [0.29, 0.717) is 6.61 Å². The van der Waals surface area contributed by atoms with Gasteiger partial charge in [-0.2, -0.15) is 0 Å². The molecule has 3 N–H and O–H groups in total. The molecule has 3 unspecified atom stereocenters. The molecule has 0 aromatic heterocycles. The topological polar surface area (TPSA) is 87.7 Å². The van der Waals surface area contributed by atoms with E-state index in [1.807, 2.05) is 6.92 Å². The summed E-state index contributed by atoms with van der Waals surface area (Å²) in [4.78, 5) is 22.0. The van der Waals surface area contributed by atoms with E-state index in [-0.39, 0.29) is 30.6 Å². The van der Waals surface area contributed by atoms with Crippen LogP contribution in [0.15, 0.2) is 0 Å². The van der Waals surface area contributed by atoms with Crippen LogP contribution in [-0.2, 0) is 9.53 Å². The molecular weight excluding hydrogens is 224 g/mol. The van der Waals surface area contributed by atoms with Crippen molar-refractivity contribution >= 4 is 12.0 Å². The average molecular weight is 244 g/mol. The fourth-order valence-electron chi connectivity index (χ4n) is 1.89. The number of hydrogen-bond acceptors (Lipinski definition) is 3. The van der Waals surface area contributed by atoms with E-state index in [1.54, 1.807) is 6.92 Å². The molecule has 6 nitrogen and oxygen atoms in total. The van der Waals surface area contributed by atoms with E-state index in [4.69, 9.17) is 9.84 Å². The number of carboxylic acids is 1. The maximum Gasteiger partial charge on any atom is 0.315 e. The fourth-order valence-corrected chi connectivity index (χ4v) is 1.89. The molecule has 1 heterocycles. The molecule has 1 aliphatic rings. The van der Waals surface area contributed by atoms with Gasteiger partial charge in [0.2, 0.25) is 0 Å². The fraction of sp³-hybridized carbons (Fsp3) is 0.818. The number of carbonyl (C=O) groups is 2. The minimum atomic E-state index is -0.919. The van der Waals surface area contributed by atoms with Crippen LogP contribution < -0.4 is 10.6 Å². The lowest BCUT2D eigenvalue weighted by Crippen LogP contribution is -2.48. The van der Waals surface area contributed by atoms with Gasteiger partial charge in [-0.15, -0.1) is 0 Å². The summed E-state index contributed by atoms with van der Waals surface area (Å²) in [5, 5.41) is 14.0. The molecular formula is C11H20N2O4. The first-order chi connectivity index (χ1) is 7.97. The quantitative estimate of drug-likeness (QED) is 0.680.